The monoisotopic (exact) mass is 425 g/mol. The Hall–Kier alpha value is -3.24. The Morgan fingerprint density at radius 1 is 1.27 bits per heavy atom. The number of halogens is 3. The lowest BCUT2D eigenvalue weighted by atomic mass is 10.2. The molecule has 1 aromatic heterocycles. The fourth-order valence-electron chi connectivity index (χ4n) is 3.14. The summed E-state index contributed by atoms with van der Waals surface area (Å²) in [6, 6.07) is 7.07. The second-order valence-corrected chi connectivity index (χ2v) is 6.76. The summed E-state index contributed by atoms with van der Waals surface area (Å²) in [6.07, 6.45) is -0.163. The first-order valence-electron chi connectivity index (χ1n) is 9.44. The molecule has 30 heavy (non-hydrogen) atoms. The second kappa shape index (κ2) is 9.51. The zero-order valence-corrected chi connectivity index (χ0v) is 16.1. The summed E-state index contributed by atoms with van der Waals surface area (Å²) >= 11 is 0. The molecule has 0 spiro atoms. The van der Waals surface area contributed by atoms with Crippen LogP contribution in [0, 0.1) is 0 Å². The summed E-state index contributed by atoms with van der Waals surface area (Å²) in [7, 11) is 0. The summed E-state index contributed by atoms with van der Waals surface area (Å²) in [5.74, 6) is -0.267. The first kappa shape index (κ1) is 21.5. The lowest BCUT2D eigenvalue weighted by Gasteiger charge is -2.24. The van der Waals surface area contributed by atoms with Gasteiger partial charge in [-0.3, -0.25) is 9.48 Å². The topological polar surface area (TPSA) is 88.5 Å². The van der Waals surface area contributed by atoms with E-state index in [1.807, 2.05) is 17.6 Å². The Morgan fingerprint density at radius 3 is 2.83 bits per heavy atom. The fourth-order valence-corrected chi connectivity index (χ4v) is 3.14. The zero-order valence-electron chi connectivity index (χ0n) is 16.1. The van der Waals surface area contributed by atoms with Crippen molar-refractivity contribution in [3.63, 3.8) is 0 Å². The molecule has 3 amide bonds. The van der Waals surface area contributed by atoms with Crippen molar-refractivity contribution >= 4 is 17.6 Å². The van der Waals surface area contributed by atoms with Gasteiger partial charge in [-0.15, -0.1) is 0 Å². The molecule has 8 nitrogen and oxygen atoms in total. The molecule has 2 aromatic rings. The van der Waals surface area contributed by atoms with E-state index in [2.05, 4.69) is 10.4 Å². The number of urea groups is 1. The number of hydrogen-bond donors (Lipinski definition) is 2. The molecule has 1 fully saturated rings. The number of aromatic nitrogens is 2. The second-order valence-electron chi connectivity index (χ2n) is 6.76. The van der Waals surface area contributed by atoms with E-state index in [0.29, 0.717) is 37.4 Å². The summed E-state index contributed by atoms with van der Waals surface area (Å²) < 4.78 is 44.4. The average Bonchev–Trinajstić information content (AvgIpc) is 3.38. The first-order valence-corrected chi connectivity index (χ1v) is 9.44. The first-order chi connectivity index (χ1) is 14.3. The third-order valence-corrected chi connectivity index (χ3v) is 4.51. The number of alkyl halides is 3. The predicted octanol–water partition coefficient (Wildman–Crippen LogP) is 2.64. The molecule has 1 atom stereocenters. The maximum absolute atomic E-state index is 12.6. The van der Waals surface area contributed by atoms with Crippen molar-refractivity contribution in [2.24, 2.45) is 0 Å². The van der Waals surface area contributed by atoms with Crippen LogP contribution in [0.2, 0.25) is 0 Å². The summed E-state index contributed by atoms with van der Waals surface area (Å²) in [5.41, 5.74) is 0.456. The SMILES string of the molecule is O=C(NCC(F)(F)F)C1CCCN1C(=O)Nc1cccc(OCCn2cccn2)c1. The number of rotatable bonds is 7. The van der Waals surface area contributed by atoms with Crippen molar-refractivity contribution in [2.45, 2.75) is 31.6 Å². The molecule has 1 aliphatic heterocycles. The van der Waals surface area contributed by atoms with E-state index < -0.39 is 30.7 Å². The Labute approximate surface area is 171 Å². The van der Waals surface area contributed by atoms with Gasteiger partial charge >= 0.3 is 12.2 Å². The molecule has 1 aliphatic rings. The molecule has 2 heterocycles. The minimum absolute atomic E-state index is 0.288. The van der Waals surface area contributed by atoms with Crippen LogP contribution in [-0.2, 0) is 11.3 Å². The van der Waals surface area contributed by atoms with Gasteiger partial charge < -0.3 is 20.3 Å². The minimum atomic E-state index is -4.50. The van der Waals surface area contributed by atoms with Crippen LogP contribution in [0.25, 0.3) is 0 Å². The Bertz CT molecular complexity index is 857. The van der Waals surface area contributed by atoms with Gasteiger partial charge in [-0.25, -0.2) is 4.79 Å². The zero-order chi connectivity index (χ0) is 21.6. The standard InChI is InChI=1S/C19H22F3N5O3/c20-19(21,22)13-23-17(28)16-6-2-9-27(16)18(29)25-14-4-1-5-15(12-14)30-11-10-26-8-3-7-24-26/h1,3-5,7-8,12,16H,2,6,9-11,13H2,(H,23,28)(H,25,29). The number of carbonyl (C=O) groups is 2. The molecule has 1 aromatic carbocycles. The molecule has 2 N–H and O–H groups in total. The minimum Gasteiger partial charge on any atom is -0.492 e. The van der Waals surface area contributed by atoms with Crippen molar-refractivity contribution in [2.75, 3.05) is 25.0 Å². The van der Waals surface area contributed by atoms with Crippen LogP contribution in [0.4, 0.5) is 23.7 Å². The molecule has 11 heteroatoms. The van der Waals surface area contributed by atoms with Gasteiger partial charge in [0.05, 0.1) is 6.54 Å². The Kier molecular flexibility index (Phi) is 6.80. The van der Waals surface area contributed by atoms with Crippen molar-refractivity contribution in [1.82, 2.24) is 20.0 Å². The predicted molar refractivity (Wildman–Crippen MR) is 102 cm³/mol. The quantitative estimate of drug-likeness (QED) is 0.714. The molecule has 0 bridgehead atoms. The molecule has 1 unspecified atom stereocenters. The highest BCUT2D eigenvalue weighted by Gasteiger charge is 2.36. The number of amides is 3. The van der Waals surface area contributed by atoms with Gasteiger partial charge in [-0.1, -0.05) is 6.07 Å². The molecule has 1 saturated heterocycles. The van der Waals surface area contributed by atoms with E-state index in [9.17, 15) is 22.8 Å². The molecule has 0 radical (unpaired) electrons. The van der Waals surface area contributed by atoms with Gasteiger partial charge in [0.1, 0.15) is 24.9 Å². The Balaban J connectivity index is 1.53. The molecular weight excluding hydrogens is 403 g/mol. The van der Waals surface area contributed by atoms with E-state index in [-0.39, 0.29) is 6.54 Å². The van der Waals surface area contributed by atoms with Crippen molar-refractivity contribution in [3.05, 3.63) is 42.7 Å². The molecule has 3 rings (SSSR count). The molecular formula is C19H22F3N5O3. The van der Waals surface area contributed by atoms with Gasteiger partial charge in [0.25, 0.3) is 0 Å². The van der Waals surface area contributed by atoms with Crippen molar-refractivity contribution in [3.8, 4) is 5.75 Å². The average molecular weight is 425 g/mol. The summed E-state index contributed by atoms with van der Waals surface area (Å²) in [4.78, 5) is 25.9. The van der Waals surface area contributed by atoms with Crippen molar-refractivity contribution < 1.29 is 27.5 Å². The van der Waals surface area contributed by atoms with Gasteiger partial charge in [0.15, 0.2) is 0 Å². The third kappa shape index (κ3) is 6.13. The molecule has 0 saturated carbocycles. The van der Waals surface area contributed by atoms with E-state index >= 15 is 0 Å². The number of nitrogens with zero attached hydrogens (tertiary/aromatic N) is 3. The van der Waals surface area contributed by atoms with E-state index in [1.54, 1.807) is 35.1 Å². The van der Waals surface area contributed by atoms with Crippen LogP contribution < -0.4 is 15.4 Å². The number of nitrogens with one attached hydrogen (secondary N) is 2. The number of ether oxygens (including phenoxy) is 1. The highest BCUT2D eigenvalue weighted by Crippen LogP contribution is 2.22. The Morgan fingerprint density at radius 2 is 2.10 bits per heavy atom. The van der Waals surface area contributed by atoms with Gasteiger partial charge in [0.2, 0.25) is 5.91 Å². The fraction of sp³-hybridized carbons (Fsp3) is 0.421. The van der Waals surface area contributed by atoms with Crippen molar-refractivity contribution in [1.29, 1.82) is 0 Å². The normalized spacial score (nSPS) is 16.4. The number of hydrogen-bond acceptors (Lipinski definition) is 4. The molecule has 162 valence electrons. The van der Waals surface area contributed by atoms with E-state index in [0.717, 1.165) is 0 Å². The number of benzene rings is 1. The lowest BCUT2D eigenvalue weighted by Crippen LogP contribution is -2.49. The highest BCUT2D eigenvalue weighted by atomic mass is 19.4. The van der Waals surface area contributed by atoms with E-state index in [1.165, 1.54) is 4.90 Å². The highest BCUT2D eigenvalue weighted by molar-refractivity contribution is 5.94. The molecule has 0 aliphatic carbocycles. The number of carbonyl (C=O) groups excluding carboxylic acids is 2. The summed E-state index contributed by atoms with van der Waals surface area (Å²) in [6.45, 7) is -0.190. The van der Waals surface area contributed by atoms with Crippen LogP contribution in [0.5, 0.6) is 5.75 Å². The number of likely N-dealkylation sites (tertiary alicyclic amines) is 1. The maximum atomic E-state index is 12.6. The van der Waals surface area contributed by atoms with Crippen LogP contribution >= 0.6 is 0 Å². The largest absolute Gasteiger partial charge is 0.492 e. The van der Waals surface area contributed by atoms with Crippen LogP contribution in [-0.4, -0.2) is 58.5 Å². The third-order valence-electron chi connectivity index (χ3n) is 4.51. The van der Waals surface area contributed by atoms with Crippen LogP contribution in [0.3, 0.4) is 0 Å². The van der Waals surface area contributed by atoms with Gasteiger partial charge in [-0.2, -0.15) is 18.3 Å². The van der Waals surface area contributed by atoms with E-state index in [4.69, 9.17) is 4.74 Å². The lowest BCUT2D eigenvalue weighted by molar-refractivity contribution is -0.140. The smallest absolute Gasteiger partial charge is 0.405 e. The maximum Gasteiger partial charge on any atom is 0.405 e. The van der Waals surface area contributed by atoms with Crippen LogP contribution in [0.1, 0.15) is 12.8 Å². The van der Waals surface area contributed by atoms with Gasteiger partial charge in [0, 0.05) is 30.7 Å². The van der Waals surface area contributed by atoms with Gasteiger partial charge in [-0.05, 0) is 31.0 Å². The summed E-state index contributed by atoms with van der Waals surface area (Å²) in [5, 5.41) is 8.59. The number of anilines is 1. The van der Waals surface area contributed by atoms with Crippen LogP contribution in [0.15, 0.2) is 42.7 Å².